The summed E-state index contributed by atoms with van der Waals surface area (Å²) in [5, 5.41) is 8.42. The van der Waals surface area contributed by atoms with Crippen LogP contribution in [-0.2, 0) is 0 Å². The Kier molecular flexibility index (Phi) is 3.87. The largest absolute Gasteiger partial charge is 0.473 e. The van der Waals surface area contributed by atoms with Crippen molar-refractivity contribution in [2.24, 2.45) is 5.92 Å². The Hall–Kier alpha value is -0.830. The first-order chi connectivity index (χ1) is 8.08. The highest BCUT2D eigenvalue weighted by Crippen LogP contribution is 2.29. The number of rotatable bonds is 2. The predicted octanol–water partition coefficient (Wildman–Crippen LogP) is 3.70. The predicted molar refractivity (Wildman–Crippen MR) is 68.6 cm³/mol. The molecule has 1 saturated carbocycles. The normalized spacial score (nSPS) is 24.7. The second kappa shape index (κ2) is 5.21. The molecule has 0 unspecified atom stereocenters. The van der Waals surface area contributed by atoms with Gasteiger partial charge in [0, 0.05) is 5.56 Å². The highest BCUT2D eigenvalue weighted by molar-refractivity contribution is 6.30. The third-order valence-electron chi connectivity index (χ3n) is 3.66. The molecule has 0 aliphatic heterocycles. The second-order valence-electron chi connectivity index (χ2n) is 5.05. The Labute approximate surface area is 108 Å². The standard InChI is InChI=1S/C13H19ClN2O/c1-8-4-6-11(7-5-8)17-13-10(3)9(2)12(14)15-16-13/h8,11H,4-7H2,1-3H3. The highest BCUT2D eigenvalue weighted by Gasteiger charge is 2.21. The van der Waals surface area contributed by atoms with Gasteiger partial charge in [0.15, 0.2) is 5.15 Å². The second-order valence-corrected chi connectivity index (χ2v) is 5.40. The van der Waals surface area contributed by atoms with Crippen molar-refractivity contribution in [2.45, 2.75) is 52.6 Å². The summed E-state index contributed by atoms with van der Waals surface area (Å²) < 4.78 is 5.94. The average molecular weight is 255 g/mol. The van der Waals surface area contributed by atoms with Gasteiger partial charge in [0.1, 0.15) is 6.10 Å². The number of ether oxygens (including phenoxy) is 1. The van der Waals surface area contributed by atoms with Crippen LogP contribution in [0.1, 0.15) is 43.7 Å². The Morgan fingerprint density at radius 1 is 1.06 bits per heavy atom. The van der Waals surface area contributed by atoms with E-state index in [1.807, 2.05) is 13.8 Å². The van der Waals surface area contributed by atoms with Gasteiger partial charge in [-0.05, 0) is 51.0 Å². The van der Waals surface area contributed by atoms with Gasteiger partial charge >= 0.3 is 0 Å². The van der Waals surface area contributed by atoms with Crippen LogP contribution in [0.3, 0.4) is 0 Å². The van der Waals surface area contributed by atoms with E-state index in [9.17, 15) is 0 Å². The van der Waals surface area contributed by atoms with Crippen LogP contribution in [0, 0.1) is 19.8 Å². The van der Waals surface area contributed by atoms with E-state index in [0.29, 0.717) is 17.1 Å². The minimum atomic E-state index is 0.291. The molecule has 3 nitrogen and oxygen atoms in total. The van der Waals surface area contributed by atoms with E-state index in [1.54, 1.807) is 0 Å². The molecule has 0 saturated heterocycles. The summed E-state index contributed by atoms with van der Waals surface area (Å²) in [6.45, 7) is 6.23. The third-order valence-corrected chi connectivity index (χ3v) is 4.02. The highest BCUT2D eigenvalue weighted by atomic mass is 35.5. The van der Waals surface area contributed by atoms with Crippen LogP contribution in [0.25, 0.3) is 0 Å². The van der Waals surface area contributed by atoms with Crippen molar-refractivity contribution in [1.29, 1.82) is 0 Å². The lowest BCUT2D eigenvalue weighted by atomic mass is 9.89. The molecule has 0 radical (unpaired) electrons. The van der Waals surface area contributed by atoms with Gasteiger partial charge in [0.05, 0.1) is 0 Å². The number of halogens is 1. The van der Waals surface area contributed by atoms with Crippen molar-refractivity contribution in [1.82, 2.24) is 10.2 Å². The first-order valence-corrected chi connectivity index (χ1v) is 6.61. The fraction of sp³-hybridized carbons (Fsp3) is 0.692. The smallest absolute Gasteiger partial charge is 0.237 e. The fourth-order valence-electron chi connectivity index (χ4n) is 2.17. The van der Waals surface area contributed by atoms with Crippen LogP contribution in [0.15, 0.2) is 0 Å². The summed E-state index contributed by atoms with van der Waals surface area (Å²) in [4.78, 5) is 0. The van der Waals surface area contributed by atoms with E-state index in [2.05, 4.69) is 17.1 Å². The van der Waals surface area contributed by atoms with Crippen LogP contribution >= 0.6 is 11.6 Å². The molecule has 0 spiro atoms. The molecule has 1 aromatic heterocycles. The topological polar surface area (TPSA) is 35.0 Å². The van der Waals surface area contributed by atoms with Crippen LogP contribution in [0.4, 0.5) is 0 Å². The maximum Gasteiger partial charge on any atom is 0.237 e. The van der Waals surface area contributed by atoms with Gasteiger partial charge in [0.25, 0.3) is 0 Å². The van der Waals surface area contributed by atoms with Gasteiger partial charge in [-0.3, -0.25) is 0 Å². The molecule has 0 bridgehead atoms. The number of hydrogen-bond acceptors (Lipinski definition) is 3. The van der Waals surface area contributed by atoms with E-state index >= 15 is 0 Å². The molecule has 94 valence electrons. The molecule has 0 atom stereocenters. The molecular formula is C13H19ClN2O. The monoisotopic (exact) mass is 254 g/mol. The van der Waals surface area contributed by atoms with Crippen LogP contribution in [0.5, 0.6) is 5.88 Å². The van der Waals surface area contributed by atoms with Gasteiger partial charge in [-0.25, -0.2) is 0 Å². The summed E-state index contributed by atoms with van der Waals surface area (Å²) in [5.41, 5.74) is 1.96. The van der Waals surface area contributed by atoms with Crippen molar-refractivity contribution in [3.8, 4) is 5.88 Å². The van der Waals surface area contributed by atoms with E-state index in [-0.39, 0.29) is 0 Å². The molecule has 2 rings (SSSR count). The lowest BCUT2D eigenvalue weighted by Gasteiger charge is -2.26. The molecule has 4 heteroatoms. The zero-order valence-corrected chi connectivity index (χ0v) is 11.4. The molecule has 0 aromatic carbocycles. The zero-order chi connectivity index (χ0) is 12.4. The average Bonchev–Trinajstić information content (AvgIpc) is 2.33. The fourth-order valence-corrected chi connectivity index (χ4v) is 2.35. The Bertz CT molecular complexity index is 401. The van der Waals surface area contributed by atoms with Gasteiger partial charge in [0.2, 0.25) is 5.88 Å². The Morgan fingerprint density at radius 2 is 1.71 bits per heavy atom. The van der Waals surface area contributed by atoms with Crippen molar-refractivity contribution in [3.63, 3.8) is 0 Å². The van der Waals surface area contributed by atoms with Gasteiger partial charge in [-0.2, -0.15) is 0 Å². The number of nitrogens with zero attached hydrogens (tertiary/aromatic N) is 2. The van der Waals surface area contributed by atoms with Crippen molar-refractivity contribution >= 4 is 11.6 Å². The Morgan fingerprint density at radius 3 is 2.35 bits per heavy atom. The minimum absolute atomic E-state index is 0.291. The summed E-state index contributed by atoms with van der Waals surface area (Å²) in [7, 11) is 0. The third kappa shape index (κ3) is 2.89. The van der Waals surface area contributed by atoms with Crippen molar-refractivity contribution < 1.29 is 4.74 Å². The zero-order valence-electron chi connectivity index (χ0n) is 10.7. The summed E-state index contributed by atoms with van der Waals surface area (Å²) in [6, 6.07) is 0. The van der Waals surface area contributed by atoms with Crippen LogP contribution in [-0.4, -0.2) is 16.3 Å². The molecule has 1 heterocycles. The minimum Gasteiger partial charge on any atom is -0.473 e. The molecule has 1 aromatic rings. The number of hydrogen-bond donors (Lipinski definition) is 0. The molecule has 1 fully saturated rings. The first kappa shape index (κ1) is 12.6. The van der Waals surface area contributed by atoms with Gasteiger partial charge in [-0.15, -0.1) is 10.2 Å². The van der Waals surface area contributed by atoms with E-state index < -0.39 is 0 Å². The summed E-state index contributed by atoms with van der Waals surface area (Å²) in [6.07, 6.45) is 5.00. The van der Waals surface area contributed by atoms with Crippen molar-refractivity contribution in [3.05, 3.63) is 16.3 Å². The van der Waals surface area contributed by atoms with Crippen molar-refractivity contribution in [2.75, 3.05) is 0 Å². The molecule has 17 heavy (non-hydrogen) atoms. The van der Waals surface area contributed by atoms with Gasteiger partial charge in [-0.1, -0.05) is 18.5 Å². The lowest BCUT2D eigenvalue weighted by Crippen LogP contribution is -2.24. The van der Waals surface area contributed by atoms with Crippen LogP contribution < -0.4 is 4.74 Å². The maximum absolute atomic E-state index is 5.94. The molecule has 0 N–H and O–H groups in total. The van der Waals surface area contributed by atoms with Gasteiger partial charge < -0.3 is 4.74 Å². The quantitative estimate of drug-likeness (QED) is 0.807. The van der Waals surface area contributed by atoms with Crippen LogP contribution in [0.2, 0.25) is 5.15 Å². The molecule has 0 amide bonds. The van der Waals surface area contributed by atoms with E-state index in [1.165, 1.54) is 12.8 Å². The SMILES string of the molecule is Cc1c(Cl)nnc(OC2CCC(C)CC2)c1C. The first-order valence-electron chi connectivity index (χ1n) is 6.24. The molecular weight excluding hydrogens is 236 g/mol. The molecule has 1 aliphatic rings. The summed E-state index contributed by atoms with van der Waals surface area (Å²) >= 11 is 5.92. The van der Waals surface area contributed by atoms with E-state index in [4.69, 9.17) is 16.3 Å². The summed E-state index contributed by atoms with van der Waals surface area (Å²) in [5.74, 6) is 1.47. The van der Waals surface area contributed by atoms with E-state index in [0.717, 1.165) is 29.9 Å². The lowest BCUT2D eigenvalue weighted by molar-refractivity contribution is 0.128. The Balaban J connectivity index is 2.06. The number of aromatic nitrogens is 2. The molecule has 1 aliphatic carbocycles. The maximum atomic E-state index is 5.94.